The molecule has 0 unspecified atom stereocenters. The molecule has 0 saturated heterocycles. The van der Waals surface area contributed by atoms with Crippen LogP contribution < -0.4 is 4.74 Å². The zero-order valence-corrected chi connectivity index (χ0v) is 14.4. The van der Waals surface area contributed by atoms with Crippen LogP contribution in [0.3, 0.4) is 0 Å². The molecule has 23 heavy (non-hydrogen) atoms. The average molecular weight is 308 g/mol. The first kappa shape index (κ1) is 17.4. The maximum absolute atomic E-state index is 5.14. The zero-order valence-electron chi connectivity index (χ0n) is 14.4. The van der Waals surface area contributed by atoms with Crippen molar-refractivity contribution in [3.63, 3.8) is 0 Å². The first-order chi connectivity index (χ1) is 11.3. The second-order valence-corrected chi connectivity index (χ2v) is 6.32. The van der Waals surface area contributed by atoms with E-state index >= 15 is 0 Å². The number of rotatable bonds is 5. The molecule has 1 saturated carbocycles. The van der Waals surface area contributed by atoms with Crippen LogP contribution in [0.15, 0.2) is 42.5 Å². The van der Waals surface area contributed by atoms with Gasteiger partial charge in [0.1, 0.15) is 5.75 Å². The number of benzene rings is 1. The van der Waals surface area contributed by atoms with E-state index in [4.69, 9.17) is 4.74 Å². The highest BCUT2D eigenvalue weighted by atomic mass is 16.5. The van der Waals surface area contributed by atoms with E-state index < -0.39 is 0 Å². The fraction of sp³-hybridized carbons (Fsp3) is 0.455. The van der Waals surface area contributed by atoms with Crippen molar-refractivity contribution in [2.24, 2.45) is 11.8 Å². The largest absolute Gasteiger partial charge is 0.497 e. The molecule has 1 aromatic rings. The van der Waals surface area contributed by atoms with Crippen molar-refractivity contribution >= 4 is 6.08 Å². The summed E-state index contributed by atoms with van der Waals surface area (Å²) >= 11 is 0. The highest BCUT2D eigenvalue weighted by molar-refractivity contribution is 5.54. The molecule has 122 valence electrons. The molecule has 0 bridgehead atoms. The van der Waals surface area contributed by atoms with Crippen molar-refractivity contribution in [3.05, 3.63) is 48.1 Å². The second kappa shape index (κ2) is 9.95. The van der Waals surface area contributed by atoms with Gasteiger partial charge in [-0.1, -0.05) is 49.8 Å². The van der Waals surface area contributed by atoms with Crippen molar-refractivity contribution in [1.82, 2.24) is 0 Å². The molecule has 1 fully saturated rings. The van der Waals surface area contributed by atoms with Gasteiger partial charge in [-0.2, -0.15) is 0 Å². The minimum atomic E-state index is 0.739. The molecular formula is C22H28O. The van der Waals surface area contributed by atoms with Crippen molar-refractivity contribution in [2.75, 3.05) is 7.11 Å². The van der Waals surface area contributed by atoms with Gasteiger partial charge in [0.2, 0.25) is 0 Å². The fourth-order valence-corrected chi connectivity index (χ4v) is 3.21. The van der Waals surface area contributed by atoms with Crippen LogP contribution in [-0.4, -0.2) is 7.11 Å². The SMILES string of the molecule is CCC[C@H]1CC[C@H](/C=C/C#C/C=C/c2ccc(OC)cc2)CC1. The molecule has 0 amide bonds. The number of ether oxygens (including phenoxy) is 1. The summed E-state index contributed by atoms with van der Waals surface area (Å²) in [5, 5.41) is 0. The summed E-state index contributed by atoms with van der Waals surface area (Å²) in [4.78, 5) is 0. The van der Waals surface area contributed by atoms with Gasteiger partial charge in [-0.25, -0.2) is 0 Å². The van der Waals surface area contributed by atoms with Crippen molar-refractivity contribution in [1.29, 1.82) is 0 Å². The molecule has 0 N–H and O–H groups in total. The Balaban J connectivity index is 1.73. The van der Waals surface area contributed by atoms with E-state index in [1.54, 1.807) is 7.11 Å². The second-order valence-electron chi connectivity index (χ2n) is 6.32. The molecule has 0 heterocycles. The number of hydrogen-bond donors (Lipinski definition) is 0. The van der Waals surface area contributed by atoms with Crippen molar-refractivity contribution in [2.45, 2.75) is 45.4 Å². The van der Waals surface area contributed by atoms with Gasteiger partial charge < -0.3 is 4.74 Å². The Kier molecular flexibility index (Phi) is 7.54. The molecule has 0 spiro atoms. The molecule has 2 rings (SSSR count). The van der Waals surface area contributed by atoms with Gasteiger partial charge >= 0.3 is 0 Å². The highest BCUT2D eigenvalue weighted by Crippen LogP contribution is 2.31. The predicted molar refractivity (Wildman–Crippen MR) is 99.3 cm³/mol. The lowest BCUT2D eigenvalue weighted by atomic mass is 9.80. The lowest BCUT2D eigenvalue weighted by Crippen LogP contribution is -2.12. The lowest BCUT2D eigenvalue weighted by molar-refractivity contribution is 0.294. The van der Waals surface area contributed by atoms with Crippen LogP contribution in [0.2, 0.25) is 0 Å². The molecule has 0 aliphatic heterocycles. The van der Waals surface area contributed by atoms with Crippen LogP contribution in [0, 0.1) is 23.7 Å². The van der Waals surface area contributed by atoms with E-state index in [9.17, 15) is 0 Å². The Morgan fingerprint density at radius 2 is 1.74 bits per heavy atom. The average Bonchev–Trinajstić information content (AvgIpc) is 2.60. The molecule has 1 heteroatoms. The lowest BCUT2D eigenvalue weighted by Gasteiger charge is -2.26. The van der Waals surface area contributed by atoms with Gasteiger partial charge in [0.05, 0.1) is 7.11 Å². The zero-order chi connectivity index (χ0) is 16.3. The van der Waals surface area contributed by atoms with Crippen LogP contribution in [0.1, 0.15) is 51.0 Å². The Morgan fingerprint density at radius 1 is 1.04 bits per heavy atom. The number of allylic oxidation sites excluding steroid dienone is 3. The third-order valence-electron chi connectivity index (χ3n) is 4.60. The third-order valence-corrected chi connectivity index (χ3v) is 4.60. The standard InChI is InChI=1S/C22H28O/c1-3-8-19-11-13-20(14-12-19)9-6-4-5-7-10-21-15-17-22(23-2)18-16-21/h6-7,9-10,15-20H,3,8,11-14H2,1-2H3/b9-6+,10-7+/t19-,20-. The minimum Gasteiger partial charge on any atom is -0.497 e. The summed E-state index contributed by atoms with van der Waals surface area (Å²) in [6.07, 6.45) is 16.5. The van der Waals surface area contributed by atoms with Crippen molar-refractivity contribution < 1.29 is 4.74 Å². The fourth-order valence-electron chi connectivity index (χ4n) is 3.21. The normalized spacial score (nSPS) is 21.3. The van der Waals surface area contributed by atoms with Gasteiger partial charge in [-0.3, -0.25) is 0 Å². The number of hydrogen-bond acceptors (Lipinski definition) is 1. The first-order valence-electron chi connectivity index (χ1n) is 8.80. The number of methoxy groups -OCH3 is 1. The summed E-state index contributed by atoms with van der Waals surface area (Å²) in [5.41, 5.74) is 1.14. The van der Waals surface area contributed by atoms with Crippen LogP contribution in [0.5, 0.6) is 5.75 Å². The maximum Gasteiger partial charge on any atom is 0.118 e. The molecule has 0 radical (unpaired) electrons. The topological polar surface area (TPSA) is 9.23 Å². The first-order valence-corrected chi connectivity index (χ1v) is 8.80. The van der Waals surface area contributed by atoms with Gasteiger partial charge in [0.25, 0.3) is 0 Å². The Bertz CT molecular complexity index is 560. The molecule has 1 nitrogen and oxygen atoms in total. The predicted octanol–water partition coefficient (Wildman–Crippen LogP) is 5.87. The molecular weight excluding hydrogens is 280 g/mol. The molecule has 1 aliphatic carbocycles. The summed E-state index contributed by atoms with van der Waals surface area (Å²) in [6, 6.07) is 7.98. The summed E-state index contributed by atoms with van der Waals surface area (Å²) in [5.74, 6) is 8.80. The monoisotopic (exact) mass is 308 g/mol. The van der Waals surface area contributed by atoms with E-state index in [1.807, 2.05) is 42.5 Å². The van der Waals surface area contributed by atoms with Crippen LogP contribution >= 0.6 is 0 Å². The molecule has 0 atom stereocenters. The van der Waals surface area contributed by atoms with Crippen LogP contribution in [0.25, 0.3) is 6.08 Å². The molecule has 0 aromatic heterocycles. The smallest absolute Gasteiger partial charge is 0.118 e. The van der Waals surface area contributed by atoms with Gasteiger partial charge in [0.15, 0.2) is 0 Å². The highest BCUT2D eigenvalue weighted by Gasteiger charge is 2.18. The molecule has 1 aromatic carbocycles. The van der Waals surface area contributed by atoms with Gasteiger partial charge in [-0.05, 0) is 73.4 Å². The van der Waals surface area contributed by atoms with Gasteiger partial charge in [-0.15, -0.1) is 0 Å². The third kappa shape index (κ3) is 6.37. The minimum absolute atomic E-state index is 0.739. The summed E-state index contributed by atoms with van der Waals surface area (Å²) < 4.78 is 5.14. The van der Waals surface area contributed by atoms with E-state index in [0.717, 1.165) is 23.1 Å². The van der Waals surface area contributed by atoms with E-state index in [0.29, 0.717) is 0 Å². The van der Waals surface area contributed by atoms with Crippen molar-refractivity contribution in [3.8, 4) is 17.6 Å². The molecule has 1 aliphatic rings. The quantitative estimate of drug-likeness (QED) is 0.618. The van der Waals surface area contributed by atoms with Gasteiger partial charge in [0, 0.05) is 0 Å². The van der Waals surface area contributed by atoms with Crippen LogP contribution in [-0.2, 0) is 0 Å². The summed E-state index contributed by atoms with van der Waals surface area (Å²) in [7, 11) is 1.68. The Morgan fingerprint density at radius 3 is 2.39 bits per heavy atom. The van der Waals surface area contributed by atoms with Crippen LogP contribution in [0.4, 0.5) is 0 Å². The Hall–Kier alpha value is -1.94. The van der Waals surface area contributed by atoms with E-state index in [1.165, 1.54) is 38.5 Å². The Labute approximate surface area is 141 Å². The van der Waals surface area contributed by atoms with E-state index in [-0.39, 0.29) is 0 Å². The maximum atomic E-state index is 5.14. The summed E-state index contributed by atoms with van der Waals surface area (Å²) in [6.45, 7) is 2.29. The van der Waals surface area contributed by atoms with E-state index in [2.05, 4.69) is 24.8 Å².